The number of ether oxygens (including phenoxy) is 2. The van der Waals surface area contributed by atoms with E-state index in [0.29, 0.717) is 21.9 Å². The van der Waals surface area contributed by atoms with Crippen molar-refractivity contribution in [3.05, 3.63) is 51.2 Å². The Morgan fingerprint density at radius 2 is 2.05 bits per heavy atom. The van der Waals surface area contributed by atoms with Crippen molar-refractivity contribution in [2.75, 3.05) is 14.2 Å². The SMILES string of the molecule is COc1cccc(C=C(C#N)C(=O)c2sccc2C)c1OC. The lowest BCUT2D eigenvalue weighted by Crippen LogP contribution is -2.01. The summed E-state index contributed by atoms with van der Waals surface area (Å²) < 4.78 is 10.5. The topological polar surface area (TPSA) is 59.3 Å². The molecular formula is C17H15NO3S. The van der Waals surface area contributed by atoms with Gasteiger partial charge in [0.25, 0.3) is 0 Å². The van der Waals surface area contributed by atoms with Crippen LogP contribution >= 0.6 is 11.3 Å². The van der Waals surface area contributed by atoms with Crippen LogP contribution in [0.2, 0.25) is 0 Å². The smallest absolute Gasteiger partial charge is 0.213 e. The fourth-order valence-corrected chi connectivity index (χ4v) is 2.94. The Balaban J connectivity index is 2.49. The van der Waals surface area contributed by atoms with Gasteiger partial charge in [0.15, 0.2) is 11.5 Å². The number of thiophene rings is 1. The van der Waals surface area contributed by atoms with E-state index in [-0.39, 0.29) is 11.4 Å². The Kier molecular flexibility index (Phi) is 4.97. The highest BCUT2D eigenvalue weighted by atomic mass is 32.1. The number of carbonyl (C=O) groups is 1. The second-order valence-electron chi connectivity index (χ2n) is 4.51. The van der Waals surface area contributed by atoms with Gasteiger partial charge < -0.3 is 9.47 Å². The van der Waals surface area contributed by atoms with Crippen molar-refractivity contribution in [2.24, 2.45) is 0 Å². The molecule has 0 saturated carbocycles. The summed E-state index contributed by atoms with van der Waals surface area (Å²) in [6, 6.07) is 9.15. The molecule has 0 radical (unpaired) electrons. The lowest BCUT2D eigenvalue weighted by atomic mass is 10.0. The minimum atomic E-state index is -0.278. The van der Waals surface area contributed by atoms with Gasteiger partial charge in [-0.25, -0.2) is 0 Å². The molecule has 1 aromatic heterocycles. The molecule has 0 atom stereocenters. The molecule has 0 N–H and O–H groups in total. The molecular weight excluding hydrogens is 298 g/mol. The standard InChI is InChI=1S/C17H15NO3S/c1-11-7-8-22-17(11)15(19)13(10-18)9-12-5-4-6-14(20-2)16(12)21-3/h4-9H,1-3H3. The Morgan fingerprint density at radius 3 is 2.59 bits per heavy atom. The van der Waals surface area contributed by atoms with Crippen LogP contribution in [-0.4, -0.2) is 20.0 Å². The molecule has 5 heteroatoms. The maximum absolute atomic E-state index is 12.5. The molecule has 0 amide bonds. The van der Waals surface area contributed by atoms with Crippen molar-refractivity contribution in [1.82, 2.24) is 0 Å². The van der Waals surface area contributed by atoms with Gasteiger partial charge in [0.05, 0.1) is 19.1 Å². The van der Waals surface area contributed by atoms with Crippen LogP contribution in [0.25, 0.3) is 6.08 Å². The van der Waals surface area contributed by atoms with E-state index in [9.17, 15) is 10.1 Å². The fraction of sp³-hybridized carbons (Fsp3) is 0.176. The van der Waals surface area contributed by atoms with Crippen LogP contribution in [0.5, 0.6) is 11.5 Å². The van der Waals surface area contributed by atoms with Gasteiger partial charge in [-0.3, -0.25) is 4.79 Å². The summed E-state index contributed by atoms with van der Waals surface area (Å²) >= 11 is 1.33. The van der Waals surface area contributed by atoms with Gasteiger partial charge in [-0.1, -0.05) is 12.1 Å². The number of allylic oxidation sites excluding steroid dienone is 1. The van der Waals surface area contributed by atoms with Crippen molar-refractivity contribution >= 4 is 23.2 Å². The van der Waals surface area contributed by atoms with Gasteiger partial charge in [0.2, 0.25) is 5.78 Å². The molecule has 2 aromatic rings. The van der Waals surface area contributed by atoms with Gasteiger partial charge in [0, 0.05) is 5.56 Å². The number of rotatable bonds is 5. The number of benzene rings is 1. The van der Waals surface area contributed by atoms with E-state index in [0.717, 1.165) is 5.56 Å². The van der Waals surface area contributed by atoms with Crippen LogP contribution < -0.4 is 9.47 Å². The van der Waals surface area contributed by atoms with Gasteiger partial charge >= 0.3 is 0 Å². The van der Waals surface area contributed by atoms with Gasteiger partial charge in [-0.05, 0) is 36.1 Å². The molecule has 0 aliphatic rings. The molecule has 0 fully saturated rings. The highest BCUT2D eigenvalue weighted by Gasteiger charge is 2.17. The van der Waals surface area contributed by atoms with Gasteiger partial charge in [0.1, 0.15) is 11.6 Å². The Hall–Kier alpha value is -2.58. The Morgan fingerprint density at radius 1 is 1.27 bits per heavy atom. The number of aryl methyl sites for hydroxylation is 1. The number of para-hydroxylation sites is 1. The zero-order valence-corrected chi connectivity index (χ0v) is 13.4. The van der Waals surface area contributed by atoms with Crippen molar-refractivity contribution in [2.45, 2.75) is 6.92 Å². The van der Waals surface area contributed by atoms with Crippen LogP contribution in [0.3, 0.4) is 0 Å². The molecule has 22 heavy (non-hydrogen) atoms. The van der Waals surface area contributed by atoms with E-state index in [1.807, 2.05) is 24.4 Å². The molecule has 0 aliphatic heterocycles. The number of ketones is 1. The normalized spacial score (nSPS) is 10.9. The third-order valence-corrected chi connectivity index (χ3v) is 4.18. The number of hydrogen-bond donors (Lipinski definition) is 0. The zero-order chi connectivity index (χ0) is 16.1. The number of Topliss-reactive ketones (excluding diaryl/α,β-unsaturated/α-hetero) is 1. The van der Waals surface area contributed by atoms with Crippen LogP contribution in [0.1, 0.15) is 20.8 Å². The third-order valence-electron chi connectivity index (χ3n) is 3.17. The number of hydrogen-bond acceptors (Lipinski definition) is 5. The fourth-order valence-electron chi connectivity index (χ4n) is 2.06. The molecule has 0 unspecified atom stereocenters. The molecule has 0 bridgehead atoms. The summed E-state index contributed by atoms with van der Waals surface area (Å²) in [7, 11) is 3.06. The van der Waals surface area contributed by atoms with Crippen LogP contribution in [0, 0.1) is 18.3 Å². The first kappa shape index (κ1) is 15.8. The minimum Gasteiger partial charge on any atom is -0.493 e. The molecule has 0 saturated heterocycles. The van der Waals surface area contributed by atoms with Crippen molar-refractivity contribution in [3.63, 3.8) is 0 Å². The lowest BCUT2D eigenvalue weighted by Gasteiger charge is -2.10. The van der Waals surface area contributed by atoms with Crippen LogP contribution in [0.4, 0.5) is 0 Å². The lowest BCUT2D eigenvalue weighted by molar-refractivity contribution is 0.104. The van der Waals surface area contributed by atoms with E-state index in [4.69, 9.17) is 9.47 Å². The Labute approximate surface area is 133 Å². The molecule has 0 aliphatic carbocycles. The summed E-state index contributed by atoms with van der Waals surface area (Å²) in [6.07, 6.45) is 1.53. The number of carbonyl (C=O) groups excluding carboxylic acids is 1. The average molecular weight is 313 g/mol. The Bertz CT molecular complexity index is 768. The second kappa shape index (κ2) is 6.92. The molecule has 2 rings (SSSR count). The zero-order valence-electron chi connectivity index (χ0n) is 12.5. The second-order valence-corrected chi connectivity index (χ2v) is 5.43. The third kappa shape index (κ3) is 3.02. The van der Waals surface area contributed by atoms with Crippen molar-refractivity contribution in [3.8, 4) is 17.6 Å². The van der Waals surface area contributed by atoms with Crippen molar-refractivity contribution in [1.29, 1.82) is 5.26 Å². The molecule has 1 heterocycles. The van der Waals surface area contributed by atoms with Crippen LogP contribution in [-0.2, 0) is 0 Å². The van der Waals surface area contributed by atoms with Crippen molar-refractivity contribution < 1.29 is 14.3 Å². The minimum absolute atomic E-state index is 0.0668. The average Bonchev–Trinajstić information content (AvgIpc) is 2.97. The van der Waals surface area contributed by atoms with Gasteiger partial charge in [-0.2, -0.15) is 5.26 Å². The summed E-state index contributed by atoms with van der Waals surface area (Å²) in [6.45, 7) is 1.85. The first-order valence-electron chi connectivity index (χ1n) is 6.54. The monoisotopic (exact) mass is 313 g/mol. The van der Waals surface area contributed by atoms with Crippen LogP contribution in [0.15, 0.2) is 35.2 Å². The maximum atomic E-state index is 12.5. The molecule has 1 aromatic carbocycles. The van der Waals surface area contributed by atoms with E-state index >= 15 is 0 Å². The van der Waals surface area contributed by atoms with E-state index in [2.05, 4.69) is 0 Å². The summed E-state index contributed by atoms with van der Waals surface area (Å²) in [5, 5.41) is 11.2. The quantitative estimate of drug-likeness (QED) is 0.478. The highest BCUT2D eigenvalue weighted by molar-refractivity contribution is 7.12. The highest BCUT2D eigenvalue weighted by Crippen LogP contribution is 2.32. The number of methoxy groups -OCH3 is 2. The molecule has 0 spiro atoms. The van der Waals surface area contributed by atoms with E-state index in [1.54, 1.807) is 18.2 Å². The molecule has 112 valence electrons. The number of nitrogens with zero attached hydrogens (tertiary/aromatic N) is 1. The summed E-state index contributed by atoms with van der Waals surface area (Å²) in [5.41, 5.74) is 1.56. The first-order chi connectivity index (χ1) is 10.6. The predicted molar refractivity (Wildman–Crippen MR) is 86.5 cm³/mol. The molecule has 4 nitrogen and oxygen atoms in total. The number of nitriles is 1. The van der Waals surface area contributed by atoms with E-state index in [1.165, 1.54) is 31.6 Å². The van der Waals surface area contributed by atoms with Gasteiger partial charge in [-0.15, -0.1) is 11.3 Å². The predicted octanol–water partition coefficient (Wildman–Crippen LogP) is 3.86. The summed E-state index contributed by atoms with van der Waals surface area (Å²) in [4.78, 5) is 13.0. The van der Waals surface area contributed by atoms with E-state index < -0.39 is 0 Å². The summed E-state index contributed by atoms with van der Waals surface area (Å²) in [5.74, 6) is 0.765. The maximum Gasteiger partial charge on any atom is 0.213 e. The largest absolute Gasteiger partial charge is 0.493 e. The first-order valence-corrected chi connectivity index (χ1v) is 7.42.